The summed E-state index contributed by atoms with van der Waals surface area (Å²) in [6.45, 7) is 9.89. The van der Waals surface area contributed by atoms with Gasteiger partial charge in [-0.05, 0) is 83.0 Å². The molecule has 3 N–H and O–H groups in total. The van der Waals surface area contributed by atoms with Crippen molar-refractivity contribution in [3.8, 4) is 0 Å². The van der Waals surface area contributed by atoms with Gasteiger partial charge in [0, 0.05) is 5.69 Å². The maximum Gasteiger partial charge on any atom is 0.408 e. The van der Waals surface area contributed by atoms with Gasteiger partial charge in [0.2, 0.25) is 5.91 Å². The lowest BCUT2D eigenvalue weighted by molar-refractivity contribution is -0.111. The second kappa shape index (κ2) is 9.41. The molecule has 2 rings (SSSR count). The Morgan fingerprint density at radius 3 is 2.31 bits per heavy atom. The molecule has 1 aromatic carbocycles. The van der Waals surface area contributed by atoms with E-state index in [1.54, 1.807) is 20.8 Å². The fraction of sp³-hybridized carbons (Fsp3) is 0.500. The quantitative estimate of drug-likeness (QED) is 0.606. The molecule has 0 radical (unpaired) electrons. The summed E-state index contributed by atoms with van der Waals surface area (Å²) in [5.74, 6) is -0.631. The summed E-state index contributed by atoms with van der Waals surface area (Å²) in [6.07, 6.45) is 1.60. The van der Waals surface area contributed by atoms with Crippen molar-refractivity contribution < 1.29 is 22.7 Å². The Morgan fingerprint density at radius 2 is 1.79 bits per heavy atom. The van der Waals surface area contributed by atoms with Gasteiger partial charge in [-0.2, -0.15) is 0 Å². The number of nitrogens with one attached hydrogen (secondary N) is 3. The first kappa shape index (κ1) is 22.9. The highest BCUT2D eigenvalue weighted by Gasteiger charge is 2.37. The van der Waals surface area contributed by atoms with E-state index in [1.807, 2.05) is 0 Å². The number of rotatable bonds is 6. The van der Waals surface area contributed by atoms with Gasteiger partial charge in [-0.3, -0.25) is 4.79 Å². The molecule has 1 fully saturated rings. The second-order valence-electron chi connectivity index (χ2n) is 7.92. The highest BCUT2D eigenvalue weighted by molar-refractivity contribution is 7.92. The average molecular weight is 424 g/mol. The molecular formula is C20H29N3O5S. The third-order valence-electron chi connectivity index (χ3n) is 4.44. The Balaban J connectivity index is 2.28. The highest BCUT2D eigenvalue weighted by Crippen LogP contribution is 2.27. The molecule has 0 aliphatic carbocycles. The molecular weight excluding hydrogens is 394 g/mol. The van der Waals surface area contributed by atoms with Crippen LogP contribution in [0, 0.1) is 5.92 Å². The summed E-state index contributed by atoms with van der Waals surface area (Å²) >= 11 is 0. The molecule has 1 atom stereocenters. The fourth-order valence-electron chi connectivity index (χ4n) is 3.09. The normalized spacial score (nSPS) is 16.5. The van der Waals surface area contributed by atoms with Crippen LogP contribution < -0.4 is 16.0 Å². The molecule has 1 unspecified atom stereocenters. The Kier molecular flexibility index (Phi) is 7.43. The Labute approximate surface area is 172 Å². The largest absolute Gasteiger partial charge is 0.444 e. The molecule has 0 spiro atoms. The van der Waals surface area contributed by atoms with Gasteiger partial charge in [-0.15, -0.1) is 0 Å². The van der Waals surface area contributed by atoms with E-state index >= 15 is 0 Å². The SMILES string of the molecule is C=CC(=O)Nc1ccc(S(=O)(=O)C(NC(=O)OC(C)(C)C)C2CCNCC2)cc1. The maximum absolute atomic E-state index is 13.3. The minimum atomic E-state index is -3.87. The van der Waals surface area contributed by atoms with Crippen LogP contribution in [-0.4, -0.2) is 44.5 Å². The van der Waals surface area contributed by atoms with Gasteiger partial charge in [0.05, 0.1) is 4.90 Å². The molecule has 2 amide bonds. The molecule has 0 saturated carbocycles. The lowest BCUT2D eigenvalue weighted by Gasteiger charge is -2.31. The molecule has 0 aromatic heterocycles. The molecule has 1 heterocycles. The van der Waals surface area contributed by atoms with Crippen molar-refractivity contribution in [1.29, 1.82) is 0 Å². The van der Waals surface area contributed by atoms with Crippen molar-refractivity contribution in [3.05, 3.63) is 36.9 Å². The summed E-state index contributed by atoms with van der Waals surface area (Å²) < 4.78 is 31.9. The number of anilines is 1. The summed E-state index contributed by atoms with van der Waals surface area (Å²) in [6, 6.07) is 5.83. The number of piperidine rings is 1. The zero-order valence-corrected chi connectivity index (χ0v) is 17.8. The Bertz CT molecular complexity index is 838. The number of sulfone groups is 1. The molecule has 1 aliphatic heterocycles. The topological polar surface area (TPSA) is 114 Å². The first-order valence-electron chi connectivity index (χ1n) is 9.50. The number of alkyl carbamates (subject to hydrolysis) is 1. The summed E-state index contributed by atoms with van der Waals surface area (Å²) in [5.41, 5.74) is -0.287. The smallest absolute Gasteiger partial charge is 0.408 e. The number of carbonyl (C=O) groups excluding carboxylic acids is 2. The zero-order chi connectivity index (χ0) is 21.7. The van der Waals surface area contributed by atoms with Gasteiger partial charge in [-0.1, -0.05) is 6.58 Å². The molecule has 9 heteroatoms. The molecule has 1 saturated heterocycles. The monoisotopic (exact) mass is 423 g/mol. The van der Waals surface area contributed by atoms with Crippen LogP contribution in [0.4, 0.5) is 10.5 Å². The van der Waals surface area contributed by atoms with Gasteiger partial charge < -0.3 is 20.7 Å². The van der Waals surface area contributed by atoms with Gasteiger partial charge >= 0.3 is 6.09 Å². The number of ether oxygens (including phenoxy) is 1. The first-order chi connectivity index (χ1) is 13.5. The van der Waals surface area contributed by atoms with E-state index in [0.717, 1.165) is 6.08 Å². The molecule has 8 nitrogen and oxygen atoms in total. The van der Waals surface area contributed by atoms with E-state index in [9.17, 15) is 18.0 Å². The van der Waals surface area contributed by atoms with Crippen LogP contribution in [-0.2, 0) is 19.4 Å². The predicted molar refractivity (Wildman–Crippen MR) is 111 cm³/mol. The van der Waals surface area contributed by atoms with Crippen LogP contribution in [0.15, 0.2) is 41.8 Å². The fourth-order valence-corrected chi connectivity index (χ4v) is 4.93. The lowest BCUT2D eigenvalue weighted by Crippen LogP contribution is -2.50. The molecule has 1 aromatic rings. The van der Waals surface area contributed by atoms with E-state index < -0.39 is 26.9 Å². The van der Waals surface area contributed by atoms with E-state index in [4.69, 9.17) is 4.74 Å². The van der Waals surface area contributed by atoms with Crippen molar-refractivity contribution in [2.75, 3.05) is 18.4 Å². The van der Waals surface area contributed by atoms with Crippen molar-refractivity contribution in [2.45, 2.75) is 49.5 Å². The van der Waals surface area contributed by atoms with Gasteiger partial charge in [-0.25, -0.2) is 13.2 Å². The number of carbonyl (C=O) groups is 2. The Hall–Kier alpha value is -2.39. The second-order valence-corrected chi connectivity index (χ2v) is 9.99. The van der Waals surface area contributed by atoms with Crippen molar-refractivity contribution >= 4 is 27.5 Å². The minimum absolute atomic E-state index is 0.0636. The van der Waals surface area contributed by atoms with Gasteiger partial charge in [0.1, 0.15) is 11.0 Å². The van der Waals surface area contributed by atoms with Crippen LogP contribution in [0.5, 0.6) is 0 Å². The summed E-state index contributed by atoms with van der Waals surface area (Å²) in [5, 5.41) is 7.24. The molecule has 160 valence electrons. The van der Waals surface area contributed by atoms with Crippen molar-refractivity contribution in [3.63, 3.8) is 0 Å². The lowest BCUT2D eigenvalue weighted by atomic mass is 9.98. The molecule has 0 bridgehead atoms. The van der Waals surface area contributed by atoms with Crippen molar-refractivity contribution in [1.82, 2.24) is 10.6 Å². The molecule has 29 heavy (non-hydrogen) atoms. The number of amides is 2. The van der Waals surface area contributed by atoms with Gasteiger partial charge in [0.15, 0.2) is 9.84 Å². The first-order valence-corrected chi connectivity index (χ1v) is 11.0. The highest BCUT2D eigenvalue weighted by atomic mass is 32.2. The maximum atomic E-state index is 13.3. The average Bonchev–Trinajstić information content (AvgIpc) is 2.65. The van der Waals surface area contributed by atoms with Crippen LogP contribution in [0.1, 0.15) is 33.6 Å². The predicted octanol–water partition coefficient (Wildman–Crippen LogP) is 2.44. The van der Waals surface area contributed by atoms with E-state index in [2.05, 4.69) is 22.5 Å². The standard InChI is InChI=1S/C20H29N3O5S/c1-5-17(24)22-15-6-8-16(9-7-15)29(26,27)18(14-10-12-21-13-11-14)23-19(25)28-20(2,3)4/h5-9,14,18,21H,1,10-13H2,2-4H3,(H,22,24)(H,23,25). The Morgan fingerprint density at radius 1 is 1.21 bits per heavy atom. The summed E-state index contributed by atoms with van der Waals surface area (Å²) in [4.78, 5) is 23.8. The van der Waals surface area contributed by atoms with Crippen LogP contribution in [0.25, 0.3) is 0 Å². The van der Waals surface area contributed by atoms with E-state index in [1.165, 1.54) is 24.3 Å². The third kappa shape index (κ3) is 6.57. The third-order valence-corrected chi connectivity index (χ3v) is 6.54. The van der Waals surface area contributed by atoms with Gasteiger partial charge in [0.25, 0.3) is 0 Å². The number of hydrogen-bond donors (Lipinski definition) is 3. The van der Waals surface area contributed by atoms with Crippen molar-refractivity contribution in [2.24, 2.45) is 5.92 Å². The van der Waals surface area contributed by atoms with Crippen LogP contribution in [0.3, 0.4) is 0 Å². The summed E-state index contributed by atoms with van der Waals surface area (Å²) in [7, 11) is -3.87. The van der Waals surface area contributed by atoms with E-state index in [0.29, 0.717) is 31.6 Å². The van der Waals surface area contributed by atoms with E-state index in [-0.39, 0.29) is 16.7 Å². The number of benzene rings is 1. The molecule has 1 aliphatic rings. The minimum Gasteiger partial charge on any atom is -0.444 e. The zero-order valence-electron chi connectivity index (χ0n) is 17.0. The van der Waals surface area contributed by atoms with Crippen LogP contribution in [0.2, 0.25) is 0 Å². The number of hydrogen-bond acceptors (Lipinski definition) is 6. The van der Waals surface area contributed by atoms with Crippen LogP contribution >= 0.6 is 0 Å².